The van der Waals surface area contributed by atoms with Crippen LogP contribution in [-0.4, -0.2) is 9.97 Å². The fourth-order valence-electron chi connectivity index (χ4n) is 6.83. The van der Waals surface area contributed by atoms with Crippen LogP contribution >= 0.6 is 0 Å². The van der Waals surface area contributed by atoms with Crippen molar-refractivity contribution in [3.63, 3.8) is 0 Å². The molecular formula is C45H30N4Ni. The zero-order valence-corrected chi connectivity index (χ0v) is 28.1. The molecule has 0 atom stereocenters. The monoisotopic (exact) mass is 685 g/mol. The number of hydrogen-bond acceptors (Lipinski definition) is 2. The summed E-state index contributed by atoms with van der Waals surface area (Å²) in [5.74, 6) is 0. The minimum atomic E-state index is 0. The van der Waals surface area contributed by atoms with E-state index in [2.05, 4.69) is 78.9 Å². The number of hydrogen-bond donors (Lipinski definition) is 0. The summed E-state index contributed by atoms with van der Waals surface area (Å²) in [7, 11) is 0. The summed E-state index contributed by atoms with van der Waals surface area (Å²) in [6.07, 6.45) is 4.16. The second-order valence-corrected chi connectivity index (χ2v) is 12.2. The largest absolute Gasteiger partial charge is 2.00 e. The average molecular weight is 686 g/mol. The molecule has 0 radical (unpaired) electrons. The Hall–Kier alpha value is -6.03. The van der Waals surface area contributed by atoms with Gasteiger partial charge in [-0.3, -0.25) is 0 Å². The van der Waals surface area contributed by atoms with Crippen LogP contribution in [0.25, 0.3) is 90.4 Å². The third-order valence-corrected chi connectivity index (χ3v) is 9.06. The van der Waals surface area contributed by atoms with Crippen LogP contribution in [0.2, 0.25) is 0 Å². The maximum atomic E-state index is 9.50. The molecule has 0 spiro atoms. The number of allylic oxidation sites excluding steroid dienone is 1. The SMILES string of the molecule is [2H]C1=C(C)c2nc1c(-c1ccccc1)c1ccc([n-]1)c(-c1ccccc1)c1nc(c(-c3ccccc3)c3ccc([n-]3)c2-c2ccccc2)C=C1.[Ni+2]. The van der Waals surface area contributed by atoms with Crippen molar-refractivity contribution in [2.75, 3.05) is 0 Å². The van der Waals surface area contributed by atoms with E-state index in [0.717, 1.165) is 89.2 Å². The standard InChI is InChI=1S/C45H30N4.Ni/c1-29-28-40-43(32-18-10-4-11-19-32)38-25-24-36(47-38)41(30-14-6-2-7-15-30)34-22-23-35(46-34)42(31-16-8-3-9-17-31)37-26-27-39(48-37)44(45(29)49-40)33-20-12-5-13-21-33;/h2-28H,1H3;/q-2;+2/i28D;. The zero-order valence-electron chi connectivity index (χ0n) is 28.1. The van der Waals surface area contributed by atoms with E-state index >= 15 is 0 Å². The van der Waals surface area contributed by atoms with Crippen molar-refractivity contribution in [2.24, 2.45) is 0 Å². The van der Waals surface area contributed by atoms with Gasteiger partial charge in [0.2, 0.25) is 0 Å². The van der Waals surface area contributed by atoms with Gasteiger partial charge in [-0.05, 0) is 75.2 Å². The number of rotatable bonds is 4. The molecule has 0 aliphatic carbocycles. The van der Waals surface area contributed by atoms with Gasteiger partial charge >= 0.3 is 16.5 Å². The van der Waals surface area contributed by atoms with Crippen molar-refractivity contribution in [3.8, 4) is 44.5 Å². The van der Waals surface area contributed by atoms with E-state index in [9.17, 15) is 1.37 Å². The van der Waals surface area contributed by atoms with Crippen molar-refractivity contribution >= 4 is 45.8 Å². The van der Waals surface area contributed by atoms with E-state index in [1.54, 1.807) is 0 Å². The van der Waals surface area contributed by atoms with Gasteiger partial charge in [-0.15, -0.1) is 22.1 Å². The first-order valence-electron chi connectivity index (χ1n) is 16.9. The summed E-state index contributed by atoms with van der Waals surface area (Å²) in [4.78, 5) is 21.2. The number of aromatic nitrogens is 4. The molecule has 4 nitrogen and oxygen atoms in total. The van der Waals surface area contributed by atoms with E-state index in [1.807, 2.05) is 85.8 Å². The molecule has 0 unspecified atom stereocenters. The molecule has 9 rings (SSSR count). The van der Waals surface area contributed by atoms with E-state index in [1.165, 1.54) is 0 Å². The first-order valence-corrected chi connectivity index (χ1v) is 16.4. The number of nitrogens with zero attached hydrogens (tertiary/aromatic N) is 4. The maximum Gasteiger partial charge on any atom is 2.00 e. The quantitative estimate of drug-likeness (QED) is 0.173. The Morgan fingerprint density at radius 1 is 0.420 bits per heavy atom. The summed E-state index contributed by atoms with van der Waals surface area (Å²) in [5, 5.41) is 0. The molecule has 8 bridgehead atoms. The van der Waals surface area contributed by atoms with Crippen molar-refractivity contribution in [1.82, 2.24) is 19.9 Å². The predicted octanol–water partition coefficient (Wildman–Crippen LogP) is 11.0. The molecule has 0 saturated heterocycles. The molecule has 5 heteroatoms. The molecule has 2 aliphatic heterocycles. The number of benzene rings is 4. The Morgan fingerprint density at radius 3 is 1.16 bits per heavy atom. The fourth-order valence-corrected chi connectivity index (χ4v) is 6.83. The van der Waals surface area contributed by atoms with Gasteiger partial charge in [0.25, 0.3) is 0 Å². The van der Waals surface area contributed by atoms with Crippen LogP contribution in [0, 0.1) is 0 Å². The van der Waals surface area contributed by atoms with Gasteiger partial charge in [0, 0.05) is 0 Å². The molecule has 0 saturated carbocycles. The molecule has 4 aromatic carbocycles. The summed E-state index contributed by atoms with van der Waals surface area (Å²) in [6.45, 7) is 1.99. The summed E-state index contributed by atoms with van der Waals surface area (Å²) in [5.41, 5.74) is 14.5. The molecular weight excluding hydrogens is 655 g/mol. The molecule has 7 aromatic rings. The third kappa shape index (κ3) is 5.52. The van der Waals surface area contributed by atoms with Crippen LogP contribution in [0.4, 0.5) is 0 Å². The second kappa shape index (κ2) is 13.1. The van der Waals surface area contributed by atoms with Crippen LogP contribution in [0.3, 0.4) is 0 Å². The van der Waals surface area contributed by atoms with E-state index < -0.39 is 0 Å². The zero-order chi connectivity index (χ0) is 33.6. The third-order valence-electron chi connectivity index (χ3n) is 9.06. The van der Waals surface area contributed by atoms with Crippen molar-refractivity contribution in [1.29, 1.82) is 0 Å². The Bertz CT molecular complexity index is 2460. The van der Waals surface area contributed by atoms with Crippen LogP contribution in [0.1, 0.15) is 31.1 Å². The first kappa shape index (κ1) is 30.1. The van der Waals surface area contributed by atoms with Gasteiger partial charge in [-0.2, -0.15) is 0 Å². The average Bonchev–Trinajstić information content (AvgIpc) is 3.99. The van der Waals surface area contributed by atoms with Gasteiger partial charge in [-0.25, -0.2) is 9.97 Å². The molecule has 3 aromatic heterocycles. The van der Waals surface area contributed by atoms with E-state index in [4.69, 9.17) is 19.9 Å². The summed E-state index contributed by atoms with van der Waals surface area (Å²) in [6, 6.07) is 49.6. The van der Waals surface area contributed by atoms with Crippen LogP contribution in [0.15, 0.2) is 146 Å². The van der Waals surface area contributed by atoms with Gasteiger partial charge in [0.1, 0.15) is 0 Å². The van der Waals surface area contributed by atoms with Crippen molar-refractivity contribution in [2.45, 2.75) is 6.92 Å². The second-order valence-electron chi connectivity index (χ2n) is 12.2. The molecule has 0 fully saturated rings. The van der Waals surface area contributed by atoms with Crippen LogP contribution in [0.5, 0.6) is 0 Å². The number of fused-ring (bicyclic) bond motifs is 8. The van der Waals surface area contributed by atoms with Crippen LogP contribution in [-0.2, 0) is 16.5 Å². The molecule has 2 aliphatic rings. The van der Waals surface area contributed by atoms with Gasteiger partial charge in [0.05, 0.1) is 24.1 Å². The Labute approximate surface area is 302 Å². The smallest absolute Gasteiger partial charge is 0.657 e. The summed E-state index contributed by atoms with van der Waals surface area (Å²) >= 11 is 0. The molecule has 0 N–H and O–H groups in total. The molecule has 50 heavy (non-hydrogen) atoms. The van der Waals surface area contributed by atoms with Gasteiger partial charge in [0.15, 0.2) is 0 Å². The van der Waals surface area contributed by atoms with E-state index in [-0.39, 0.29) is 16.5 Å². The van der Waals surface area contributed by atoms with Crippen molar-refractivity contribution in [3.05, 3.63) is 168 Å². The molecule has 240 valence electrons. The normalized spacial score (nSPS) is 12.5. The summed E-state index contributed by atoms with van der Waals surface area (Å²) < 4.78 is 9.50. The molecule has 0 amide bonds. The molecule has 5 heterocycles. The van der Waals surface area contributed by atoms with Gasteiger partial charge < -0.3 is 9.97 Å². The van der Waals surface area contributed by atoms with Gasteiger partial charge in [-0.1, -0.05) is 146 Å². The van der Waals surface area contributed by atoms with E-state index in [0.29, 0.717) is 11.7 Å². The minimum Gasteiger partial charge on any atom is -0.657 e. The fraction of sp³-hybridized carbons (Fsp3) is 0.0222. The van der Waals surface area contributed by atoms with Crippen molar-refractivity contribution < 1.29 is 17.9 Å². The predicted molar refractivity (Wildman–Crippen MR) is 203 cm³/mol. The Balaban J connectivity index is 0.00000374. The Morgan fingerprint density at radius 2 is 0.760 bits per heavy atom. The van der Waals surface area contributed by atoms with Crippen LogP contribution < -0.4 is 9.97 Å². The topological polar surface area (TPSA) is 54.0 Å². The first-order chi connectivity index (χ1) is 24.6. The maximum absolute atomic E-state index is 9.50. The Kier molecular flexibility index (Phi) is 7.89. The minimum absolute atomic E-state index is 0.